The Bertz CT molecular complexity index is 1290. The average molecular weight is 572 g/mol. The van der Waals surface area contributed by atoms with Crippen molar-refractivity contribution in [1.29, 1.82) is 0 Å². The summed E-state index contributed by atoms with van der Waals surface area (Å²) in [6.07, 6.45) is 0.911. The molecular formula is C29H28ClFNO2PS2. The van der Waals surface area contributed by atoms with Gasteiger partial charge in [-0.05, 0) is 90.4 Å². The number of hydrogen-bond donors (Lipinski definition) is 0. The second-order valence-corrected chi connectivity index (χ2v) is 11.4. The van der Waals surface area contributed by atoms with Gasteiger partial charge in [-0.3, -0.25) is 0 Å². The van der Waals surface area contributed by atoms with E-state index in [0.29, 0.717) is 18.2 Å². The highest BCUT2D eigenvalue weighted by atomic mass is 35.5. The lowest BCUT2D eigenvalue weighted by Gasteiger charge is -2.26. The molecule has 4 rings (SSSR count). The highest BCUT2D eigenvalue weighted by Crippen LogP contribution is 2.34. The maximum atomic E-state index is 14.2. The van der Waals surface area contributed by atoms with E-state index in [-0.39, 0.29) is 5.82 Å². The summed E-state index contributed by atoms with van der Waals surface area (Å²) in [5.74, 6) is 2.37. The van der Waals surface area contributed by atoms with E-state index in [9.17, 15) is 4.39 Å². The molecule has 0 N–H and O–H groups in total. The summed E-state index contributed by atoms with van der Waals surface area (Å²) < 4.78 is 27.7. The zero-order chi connectivity index (χ0) is 26.0. The molecule has 0 heterocycles. The van der Waals surface area contributed by atoms with Crippen LogP contribution in [0.2, 0.25) is 5.02 Å². The molecule has 8 heteroatoms. The van der Waals surface area contributed by atoms with Crippen LogP contribution in [0.5, 0.6) is 11.5 Å². The lowest BCUT2D eigenvalue weighted by atomic mass is 10.2. The Morgan fingerprint density at radius 3 is 2.41 bits per heavy atom. The lowest BCUT2D eigenvalue weighted by molar-refractivity contribution is 0.315. The largest absolute Gasteiger partial charge is 0.497 e. The average Bonchev–Trinajstić information content (AvgIpc) is 2.92. The number of nitrogens with zero attached hydrogens (tertiary/aromatic N) is 1. The molecule has 3 nitrogen and oxygen atoms in total. The molecule has 0 fully saturated rings. The monoisotopic (exact) mass is 571 g/mol. The molecule has 0 spiro atoms. The molecular weight excluding hydrogens is 544 g/mol. The van der Waals surface area contributed by atoms with Gasteiger partial charge in [-0.15, -0.1) is 21.0 Å². The fourth-order valence-corrected chi connectivity index (χ4v) is 5.91. The summed E-state index contributed by atoms with van der Waals surface area (Å²) in [5, 5.41) is 1.59. The highest BCUT2D eigenvalue weighted by Gasteiger charge is 2.16. The van der Waals surface area contributed by atoms with E-state index >= 15 is 0 Å². The molecule has 0 aromatic heterocycles. The SMILES string of the molecule is COc1ccc(SCCCOc2ccccc2CN(Sc2ccc(Cl)cc2)c2cc(F)ccc2P)cc1. The van der Waals surface area contributed by atoms with Crippen molar-refractivity contribution in [3.05, 3.63) is 107 Å². The molecule has 4 aromatic rings. The van der Waals surface area contributed by atoms with E-state index in [0.717, 1.165) is 45.1 Å². The molecule has 37 heavy (non-hydrogen) atoms. The van der Waals surface area contributed by atoms with Gasteiger partial charge in [0.1, 0.15) is 17.3 Å². The van der Waals surface area contributed by atoms with Crippen molar-refractivity contribution in [2.24, 2.45) is 0 Å². The van der Waals surface area contributed by atoms with Crippen molar-refractivity contribution in [1.82, 2.24) is 0 Å². The summed E-state index contributed by atoms with van der Waals surface area (Å²) in [6.45, 7) is 1.15. The standard InChI is InChI=1S/C29H28ClFNO2PS2/c1-33-24-10-14-25(15-11-24)36-18-4-17-34-28-6-3-2-5-21(28)20-32(27-19-23(31)9-16-29(27)35)37-26-12-7-22(30)8-13-26/h2-3,5-16,19H,4,17-18,20,35H2,1H3. The fourth-order valence-electron chi connectivity index (χ4n) is 3.56. The van der Waals surface area contributed by atoms with E-state index in [1.165, 1.54) is 22.9 Å². The molecule has 0 bridgehead atoms. The van der Waals surface area contributed by atoms with Gasteiger partial charge in [-0.1, -0.05) is 35.9 Å². The highest BCUT2D eigenvalue weighted by molar-refractivity contribution is 8.00. The van der Waals surface area contributed by atoms with Crippen molar-refractivity contribution in [2.45, 2.75) is 22.8 Å². The Hall–Kier alpha value is -2.37. The van der Waals surface area contributed by atoms with Crippen LogP contribution in [-0.4, -0.2) is 19.5 Å². The van der Waals surface area contributed by atoms with Crippen LogP contribution >= 0.6 is 44.6 Å². The van der Waals surface area contributed by atoms with Crippen molar-refractivity contribution >= 4 is 55.5 Å². The van der Waals surface area contributed by atoms with Crippen LogP contribution in [0.1, 0.15) is 12.0 Å². The van der Waals surface area contributed by atoms with Crippen molar-refractivity contribution in [2.75, 3.05) is 23.8 Å². The third kappa shape index (κ3) is 8.31. The maximum Gasteiger partial charge on any atom is 0.125 e. The molecule has 0 saturated heterocycles. The minimum atomic E-state index is -0.276. The fraction of sp³-hybridized carbons (Fsp3) is 0.172. The molecule has 0 radical (unpaired) electrons. The zero-order valence-electron chi connectivity index (χ0n) is 20.4. The first-order valence-corrected chi connectivity index (χ1v) is 14.5. The van der Waals surface area contributed by atoms with E-state index in [1.807, 2.05) is 54.6 Å². The van der Waals surface area contributed by atoms with Crippen molar-refractivity contribution < 1.29 is 13.9 Å². The Labute approximate surface area is 234 Å². The molecule has 0 saturated carbocycles. The number of rotatable bonds is 12. The van der Waals surface area contributed by atoms with Crippen LogP contribution in [0.25, 0.3) is 0 Å². The maximum absolute atomic E-state index is 14.2. The number of benzene rings is 4. The summed E-state index contributed by atoms with van der Waals surface area (Å²) in [7, 11) is 4.38. The molecule has 1 atom stereocenters. The van der Waals surface area contributed by atoms with E-state index in [1.54, 1.807) is 31.0 Å². The summed E-state index contributed by atoms with van der Waals surface area (Å²) in [5.41, 5.74) is 1.82. The molecule has 192 valence electrons. The molecule has 0 aliphatic heterocycles. The number of halogens is 2. The quantitative estimate of drug-likeness (QED) is 0.0736. The first-order valence-electron chi connectivity index (χ1n) is 11.8. The molecule has 1 unspecified atom stereocenters. The Balaban J connectivity index is 1.42. The van der Waals surface area contributed by atoms with Crippen molar-refractivity contribution in [3.63, 3.8) is 0 Å². The first kappa shape index (κ1) is 27.7. The Morgan fingerprint density at radius 2 is 1.65 bits per heavy atom. The number of methoxy groups -OCH3 is 1. The first-order chi connectivity index (χ1) is 18.0. The zero-order valence-corrected chi connectivity index (χ0v) is 23.9. The van der Waals surface area contributed by atoms with Gasteiger partial charge in [0.15, 0.2) is 0 Å². The van der Waals surface area contributed by atoms with Crippen LogP contribution < -0.4 is 19.1 Å². The number of para-hydroxylation sites is 1. The number of ether oxygens (including phenoxy) is 2. The van der Waals surface area contributed by atoms with Gasteiger partial charge in [0.2, 0.25) is 0 Å². The second kappa shape index (κ2) is 14.0. The number of hydrogen-bond acceptors (Lipinski definition) is 5. The lowest BCUT2D eigenvalue weighted by Crippen LogP contribution is -2.19. The Kier molecular flexibility index (Phi) is 10.4. The number of anilines is 1. The summed E-state index contributed by atoms with van der Waals surface area (Å²) >= 11 is 9.41. The molecule has 4 aromatic carbocycles. The van der Waals surface area contributed by atoms with Crippen LogP contribution in [0.15, 0.2) is 101 Å². The van der Waals surface area contributed by atoms with Crippen LogP contribution in [0.4, 0.5) is 10.1 Å². The third-order valence-electron chi connectivity index (χ3n) is 5.45. The predicted molar refractivity (Wildman–Crippen MR) is 160 cm³/mol. The van der Waals surface area contributed by atoms with Gasteiger partial charge in [-0.25, -0.2) is 4.39 Å². The minimum absolute atomic E-state index is 0.276. The smallest absolute Gasteiger partial charge is 0.125 e. The number of thioether (sulfide) groups is 1. The molecule has 0 aliphatic rings. The van der Waals surface area contributed by atoms with Crippen molar-refractivity contribution in [3.8, 4) is 11.5 Å². The van der Waals surface area contributed by atoms with E-state index < -0.39 is 0 Å². The summed E-state index contributed by atoms with van der Waals surface area (Å²) in [6, 6.07) is 28.6. The predicted octanol–water partition coefficient (Wildman–Crippen LogP) is 8.26. The van der Waals surface area contributed by atoms with E-state index in [4.69, 9.17) is 21.1 Å². The van der Waals surface area contributed by atoms with Gasteiger partial charge in [-0.2, -0.15) is 0 Å². The normalized spacial score (nSPS) is 10.8. The van der Waals surface area contributed by atoms with Gasteiger partial charge >= 0.3 is 0 Å². The van der Waals surface area contributed by atoms with Crippen LogP contribution in [0, 0.1) is 5.82 Å². The topological polar surface area (TPSA) is 21.7 Å². The second-order valence-electron chi connectivity index (χ2n) is 8.12. The Morgan fingerprint density at radius 1 is 0.919 bits per heavy atom. The van der Waals surface area contributed by atoms with Gasteiger partial charge in [0.25, 0.3) is 0 Å². The van der Waals surface area contributed by atoms with Crippen LogP contribution in [0.3, 0.4) is 0 Å². The van der Waals surface area contributed by atoms with Crippen LogP contribution in [-0.2, 0) is 6.54 Å². The molecule has 0 amide bonds. The third-order valence-corrected chi connectivity index (χ3v) is 8.32. The minimum Gasteiger partial charge on any atom is -0.497 e. The summed E-state index contributed by atoms with van der Waals surface area (Å²) in [4.78, 5) is 2.21. The van der Waals surface area contributed by atoms with Gasteiger partial charge < -0.3 is 13.8 Å². The van der Waals surface area contributed by atoms with Gasteiger partial charge in [0, 0.05) is 26.1 Å². The molecule has 0 aliphatic carbocycles. The van der Waals surface area contributed by atoms with Gasteiger partial charge in [0.05, 0.1) is 25.9 Å². The van der Waals surface area contributed by atoms with E-state index in [2.05, 4.69) is 31.7 Å².